The summed E-state index contributed by atoms with van der Waals surface area (Å²) in [6.45, 7) is 0. The number of likely N-dealkylation sites (tertiary alicyclic amines) is 1. The summed E-state index contributed by atoms with van der Waals surface area (Å²) in [5.41, 5.74) is 0. The van der Waals surface area contributed by atoms with Crippen molar-refractivity contribution in [2.24, 2.45) is 11.8 Å². The van der Waals surface area contributed by atoms with Gasteiger partial charge in [0, 0.05) is 18.6 Å². The molecule has 2 atom stereocenters. The molecule has 60 valence electrons. The van der Waals surface area contributed by atoms with Crippen LogP contribution in [0.15, 0.2) is 0 Å². The van der Waals surface area contributed by atoms with Crippen LogP contribution in [0.4, 0.5) is 0 Å². The maximum absolute atomic E-state index is 11.3. The molecule has 3 nitrogen and oxygen atoms in total. The van der Waals surface area contributed by atoms with Gasteiger partial charge < -0.3 is 0 Å². The number of nitrogens with zero attached hydrogens (tertiary/aromatic N) is 1. The first-order chi connectivity index (χ1) is 5.22. The van der Waals surface area contributed by atoms with Crippen molar-refractivity contribution in [3.63, 3.8) is 0 Å². The fourth-order valence-electron chi connectivity index (χ4n) is 1.65. The maximum Gasteiger partial charge on any atom is 0.233 e. The molecule has 11 heavy (non-hydrogen) atoms. The standard InChI is InChI=1S/C7H9NO2S/c1-8-6(9)4-2-11-3-5(4)7(8)10/h4-5H,2-3H2,1H3. The summed E-state index contributed by atoms with van der Waals surface area (Å²) >= 11 is 1.71. The highest BCUT2D eigenvalue weighted by atomic mass is 32.2. The van der Waals surface area contributed by atoms with Gasteiger partial charge in [-0.3, -0.25) is 14.5 Å². The molecule has 0 N–H and O–H groups in total. The summed E-state index contributed by atoms with van der Waals surface area (Å²) in [6, 6.07) is 0. The third-order valence-electron chi connectivity index (χ3n) is 2.38. The van der Waals surface area contributed by atoms with Crippen LogP contribution in [0, 0.1) is 11.8 Å². The Hall–Kier alpha value is -0.510. The molecule has 0 aliphatic carbocycles. The van der Waals surface area contributed by atoms with Gasteiger partial charge in [0.1, 0.15) is 0 Å². The molecule has 0 aromatic rings. The quantitative estimate of drug-likeness (QED) is 0.480. The zero-order valence-electron chi connectivity index (χ0n) is 6.24. The van der Waals surface area contributed by atoms with Crippen LogP contribution in [0.25, 0.3) is 0 Å². The molecule has 0 aromatic heterocycles. The van der Waals surface area contributed by atoms with Gasteiger partial charge in [0.2, 0.25) is 11.8 Å². The van der Waals surface area contributed by atoms with Crippen LogP contribution in [0.3, 0.4) is 0 Å². The number of thioether (sulfide) groups is 1. The van der Waals surface area contributed by atoms with Crippen molar-refractivity contribution in [1.82, 2.24) is 4.90 Å². The number of amides is 2. The number of fused-ring (bicyclic) bond motifs is 1. The highest BCUT2D eigenvalue weighted by Gasteiger charge is 2.48. The molecule has 0 radical (unpaired) electrons. The van der Waals surface area contributed by atoms with Gasteiger partial charge in [-0.15, -0.1) is 0 Å². The van der Waals surface area contributed by atoms with E-state index in [0.717, 1.165) is 11.5 Å². The van der Waals surface area contributed by atoms with E-state index in [1.54, 1.807) is 18.8 Å². The van der Waals surface area contributed by atoms with E-state index in [1.165, 1.54) is 4.90 Å². The first-order valence-electron chi connectivity index (χ1n) is 3.61. The summed E-state index contributed by atoms with van der Waals surface area (Å²) in [6.07, 6.45) is 0. The van der Waals surface area contributed by atoms with E-state index in [-0.39, 0.29) is 23.7 Å². The van der Waals surface area contributed by atoms with E-state index in [4.69, 9.17) is 0 Å². The molecule has 2 fully saturated rings. The SMILES string of the molecule is CN1C(=O)C2CSCC2C1=O. The first kappa shape index (κ1) is 7.16. The minimum Gasteiger partial charge on any atom is -0.285 e. The Kier molecular flexibility index (Phi) is 1.45. The van der Waals surface area contributed by atoms with Gasteiger partial charge in [-0.2, -0.15) is 11.8 Å². The van der Waals surface area contributed by atoms with Crippen LogP contribution in [0.5, 0.6) is 0 Å². The lowest BCUT2D eigenvalue weighted by molar-refractivity contribution is -0.138. The predicted octanol–water partition coefficient (Wildman–Crippen LogP) is -0.0358. The Morgan fingerprint density at radius 3 is 2.18 bits per heavy atom. The first-order valence-corrected chi connectivity index (χ1v) is 4.76. The zero-order chi connectivity index (χ0) is 8.01. The second-order valence-electron chi connectivity index (χ2n) is 2.99. The van der Waals surface area contributed by atoms with Gasteiger partial charge in [0.25, 0.3) is 0 Å². The molecule has 0 aromatic carbocycles. The smallest absolute Gasteiger partial charge is 0.233 e. The molecular weight excluding hydrogens is 162 g/mol. The molecule has 2 unspecified atom stereocenters. The molecule has 0 spiro atoms. The Morgan fingerprint density at radius 2 is 1.73 bits per heavy atom. The summed E-state index contributed by atoms with van der Waals surface area (Å²) in [7, 11) is 1.58. The van der Waals surface area contributed by atoms with Gasteiger partial charge in [-0.25, -0.2) is 0 Å². The number of imide groups is 1. The van der Waals surface area contributed by atoms with Crippen molar-refractivity contribution in [2.45, 2.75) is 0 Å². The average Bonchev–Trinajstić information content (AvgIpc) is 2.53. The van der Waals surface area contributed by atoms with Gasteiger partial charge in [0.05, 0.1) is 11.8 Å². The van der Waals surface area contributed by atoms with Crippen LogP contribution < -0.4 is 0 Å². The highest BCUT2D eigenvalue weighted by molar-refractivity contribution is 7.99. The van der Waals surface area contributed by atoms with Crippen molar-refractivity contribution >= 4 is 23.6 Å². The van der Waals surface area contributed by atoms with Crippen LogP contribution in [-0.4, -0.2) is 35.3 Å². The monoisotopic (exact) mass is 171 g/mol. The third kappa shape index (κ3) is 0.819. The minimum atomic E-state index is -0.00231. The van der Waals surface area contributed by atoms with Crippen LogP contribution in [0.1, 0.15) is 0 Å². The van der Waals surface area contributed by atoms with E-state index < -0.39 is 0 Å². The van der Waals surface area contributed by atoms with E-state index in [2.05, 4.69) is 0 Å². The lowest BCUT2D eigenvalue weighted by atomic mass is 10.00. The van der Waals surface area contributed by atoms with E-state index in [0.29, 0.717) is 0 Å². The van der Waals surface area contributed by atoms with Gasteiger partial charge in [0.15, 0.2) is 0 Å². The lowest BCUT2D eigenvalue weighted by Gasteiger charge is -2.06. The summed E-state index contributed by atoms with van der Waals surface area (Å²) in [4.78, 5) is 23.9. The number of hydrogen-bond donors (Lipinski definition) is 0. The zero-order valence-corrected chi connectivity index (χ0v) is 7.06. The van der Waals surface area contributed by atoms with Crippen LogP contribution in [-0.2, 0) is 9.59 Å². The highest BCUT2D eigenvalue weighted by Crippen LogP contribution is 2.36. The predicted molar refractivity (Wildman–Crippen MR) is 42.1 cm³/mol. The Morgan fingerprint density at radius 1 is 1.27 bits per heavy atom. The molecule has 0 saturated carbocycles. The molecule has 2 heterocycles. The fourth-order valence-corrected chi connectivity index (χ4v) is 3.04. The van der Waals surface area contributed by atoms with Crippen molar-refractivity contribution in [3.05, 3.63) is 0 Å². The second-order valence-corrected chi connectivity index (χ2v) is 4.06. The summed E-state index contributed by atoms with van der Waals surface area (Å²) < 4.78 is 0. The van der Waals surface area contributed by atoms with E-state index in [9.17, 15) is 9.59 Å². The Labute approximate surface area is 69.1 Å². The van der Waals surface area contributed by atoms with Crippen molar-refractivity contribution in [1.29, 1.82) is 0 Å². The molecule has 2 aliphatic rings. The topological polar surface area (TPSA) is 37.4 Å². The molecule has 4 heteroatoms. The van der Waals surface area contributed by atoms with Crippen molar-refractivity contribution in [2.75, 3.05) is 18.6 Å². The molecule has 2 aliphatic heterocycles. The fraction of sp³-hybridized carbons (Fsp3) is 0.714. The Balaban J connectivity index is 2.30. The van der Waals surface area contributed by atoms with Crippen molar-refractivity contribution < 1.29 is 9.59 Å². The number of carbonyl (C=O) groups excluding carboxylic acids is 2. The van der Waals surface area contributed by atoms with E-state index in [1.807, 2.05) is 0 Å². The van der Waals surface area contributed by atoms with E-state index >= 15 is 0 Å². The number of hydrogen-bond acceptors (Lipinski definition) is 3. The maximum atomic E-state index is 11.3. The number of rotatable bonds is 0. The van der Waals surface area contributed by atoms with Gasteiger partial charge in [-0.05, 0) is 0 Å². The molecule has 0 bridgehead atoms. The molecular formula is C7H9NO2S. The molecule has 2 saturated heterocycles. The number of carbonyl (C=O) groups is 2. The average molecular weight is 171 g/mol. The Bertz CT molecular complexity index is 206. The van der Waals surface area contributed by atoms with Gasteiger partial charge in [-0.1, -0.05) is 0 Å². The van der Waals surface area contributed by atoms with Crippen LogP contribution >= 0.6 is 11.8 Å². The third-order valence-corrected chi connectivity index (χ3v) is 3.57. The normalized spacial score (nSPS) is 36.6. The summed E-state index contributed by atoms with van der Waals surface area (Å²) in [5.74, 6) is 1.70. The second kappa shape index (κ2) is 2.24. The largest absolute Gasteiger partial charge is 0.285 e. The minimum absolute atomic E-state index is 0.00231. The van der Waals surface area contributed by atoms with Crippen molar-refractivity contribution in [3.8, 4) is 0 Å². The van der Waals surface area contributed by atoms with Crippen LogP contribution in [0.2, 0.25) is 0 Å². The summed E-state index contributed by atoms with van der Waals surface area (Å²) in [5, 5.41) is 0. The molecule has 2 rings (SSSR count). The van der Waals surface area contributed by atoms with Gasteiger partial charge >= 0.3 is 0 Å². The lowest BCUT2D eigenvalue weighted by Crippen LogP contribution is -2.27. The molecule has 2 amide bonds.